The molecule has 5 aliphatic rings. The predicted octanol–water partition coefficient (Wildman–Crippen LogP) is 0.871. The van der Waals surface area contributed by atoms with Crippen LogP contribution in [0.4, 0.5) is 4.39 Å². The Morgan fingerprint density at radius 1 is 1.12 bits per heavy atom. The summed E-state index contributed by atoms with van der Waals surface area (Å²) in [5, 5.41) is 30.3. The van der Waals surface area contributed by atoms with Crippen molar-refractivity contribution in [3.8, 4) is 0 Å². The van der Waals surface area contributed by atoms with Crippen molar-refractivity contribution in [2.24, 2.45) is 34.3 Å². The zero-order chi connectivity index (χ0) is 37.0. The standard InChI is InChI=1S/C31H40FN3O15/c1-28(2)48-24-9-18-17-8-20(32)19-7-15(36)5-6-29(19,3)26(17)22(37)11-30(18,4)31(24,50-28)23(38)14-45-25(39)10-21(33)27(40)46-12-16(49-35(43)44)13-47-34(41)42/h5-7,16-18,20-22,24,26,37H,8-14,33H2,1-4H3/t16?,17-,18-,20-,21?,22-,24+,26+,29-,30-,31-/m0/s1. The molecule has 0 radical (unpaired) electrons. The van der Waals surface area contributed by atoms with Crippen LogP contribution in [0, 0.1) is 48.8 Å². The number of fused-ring (bicyclic) bond motifs is 7. The van der Waals surface area contributed by atoms with E-state index in [-0.39, 0.29) is 24.5 Å². The van der Waals surface area contributed by atoms with Crippen molar-refractivity contribution >= 4 is 23.5 Å². The SMILES string of the molecule is CC1(C)O[C@@H]2C[C@H]3[C@@H]4C[C@H](F)C5=CC(=O)C=C[C@]5(C)[C@H]4[C@@H](O)C[C@]3(C)[C@@]2(C(=O)COC(=O)CC(N)C(=O)OCC(CO[N+](=O)[O-])O[N+](=O)[O-])O1. The van der Waals surface area contributed by atoms with E-state index in [1.165, 1.54) is 12.2 Å². The number of aliphatic hydroxyl groups is 1. The third kappa shape index (κ3) is 6.46. The second kappa shape index (κ2) is 13.2. The summed E-state index contributed by atoms with van der Waals surface area (Å²) >= 11 is 0. The van der Waals surface area contributed by atoms with E-state index in [2.05, 4.69) is 9.68 Å². The van der Waals surface area contributed by atoms with Gasteiger partial charge in [-0.2, -0.15) is 0 Å². The number of rotatable bonds is 13. The largest absolute Gasteiger partial charge is 0.462 e. The number of ether oxygens (including phenoxy) is 4. The van der Waals surface area contributed by atoms with E-state index in [0.717, 1.165) is 0 Å². The first-order valence-electron chi connectivity index (χ1n) is 16.1. The summed E-state index contributed by atoms with van der Waals surface area (Å²) in [7, 11) is 0. The first-order chi connectivity index (χ1) is 23.2. The minimum absolute atomic E-state index is 0.0234. The Hall–Kier alpha value is -4.07. The number of halogens is 1. The number of hydrogen-bond donors (Lipinski definition) is 2. The smallest absolute Gasteiger partial charge is 0.323 e. The molecule has 4 fully saturated rings. The summed E-state index contributed by atoms with van der Waals surface area (Å²) in [5.41, 5.74) is 2.34. The molecule has 1 aliphatic heterocycles. The molecule has 0 aromatic carbocycles. The van der Waals surface area contributed by atoms with Gasteiger partial charge in [-0.15, -0.1) is 20.2 Å². The van der Waals surface area contributed by atoms with Gasteiger partial charge < -0.3 is 39.5 Å². The lowest BCUT2D eigenvalue weighted by Crippen LogP contribution is -2.64. The summed E-state index contributed by atoms with van der Waals surface area (Å²) < 4.78 is 38.5. The number of carbonyl (C=O) groups excluding carboxylic acids is 4. The van der Waals surface area contributed by atoms with Gasteiger partial charge in [-0.3, -0.25) is 19.2 Å². The Bertz CT molecular complexity index is 1520. The van der Waals surface area contributed by atoms with Crippen LogP contribution < -0.4 is 5.73 Å². The highest BCUT2D eigenvalue weighted by atomic mass is 19.1. The highest BCUT2D eigenvalue weighted by Crippen LogP contribution is 2.70. The number of hydrogen-bond acceptors (Lipinski definition) is 16. The van der Waals surface area contributed by atoms with E-state index in [9.17, 15) is 44.5 Å². The number of Topliss-reactive ketones (excluding diaryl/α,β-unsaturated/α-hetero) is 1. The highest BCUT2D eigenvalue weighted by Gasteiger charge is 2.77. The van der Waals surface area contributed by atoms with Crippen molar-refractivity contribution in [2.45, 2.75) is 95.3 Å². The molecule has 0 bridgehead atoms. The summed E-state index contributed by atoms with van der Waals surface area (Å²) in [6.45, 7) is 4.24. The van der Waals surface area contributed by atoms with Crippen LogP contribution >= 0.6 is 0 Å². The first-order valence-corrected chi connectivity index (χ1v) is 16.1. The van der Waals surface area contributed by atoms with Crippen LogP contribution in [0.15, 0.2) is 23.8 Å². The van der Waals surface area contributed by atoms with Gasteiger partial charge >= 0.3 is 11.9 Å². The first kappa shape index (κ1) is 37.2. The Morgan fingerprint density at radius 2 is 1.82 bits per heavy atom. The molecule has 11 atom stereocenters. The van der Waals surface area contributed by atoms with Gasteiger partial charge in [-0.25, -0.2) is 4.39 Å². The second-order valence-electron chi connectivity index (χ2n) is 14.4. The molecule has 5 rings (SSSR count). The molecule has 3 saturated carbocycles. The maximum Gasteiger partial charge on any atom is 0.323 e. The zero-order valence-corrected chi connectivity index (χ0v) is 27.8. The topological polar surface area (TPSA) is 256 Å². The molecule has 0 spiro atoms. The number of alkyl halides is 1. The van der Waals surface area contributed by atoms with Crippen LogP contribution in [0.25, 0.3) is 0 Å². The summed E-state index contributed by atoms with van der Waals surface area (Å²) in [4.78, 5) is 80.6. The van der Waals surface area contributed by atoms with Crippen LogP contribution in [-0.4, -0.2) is 101 Å². The fourth-order valence-corrected chi connectivity index (χ4v) is 9.16. The van der Waals surface area contributed by atoms with E-state index >= 15 is 4.39 Å². The fourth-order valence-electron chi connectivity index (χ4n) is 9.16. The molecular formula is C31H40FN3O15. The van der Waals surface area contributed by atoms with Crippen molar-refractivity contribution in [3.63, 3.8) is 0 Å². The monoisotopic (exact) mass is 713 g/mol. The number of carbonyl (C=O) groups is 4. The Labute approximate surface area is 284 Å². The molecule has 50 heavy (non-hydrogen) atoms. The van der Waals surface area contributed by atoms with Gasteiger partial charge in [0, 0.05) is 16.7 Å². The van der Waals surface area contributed by atoms with Crippen molar-refractivity contribution in [2.75, 3.05) is 19.8 Å². The van der Waals surface area contributed by atoms with Gasteiger partial charge in [0.05, 0.1) is 18.6 Å². The van der Waals surface area contributed by atoms with Crippen LogP contribution in [0.1, 0.15) is 53.4 Å². The molecule has 1 heterocycles. The van der Waals surface area contributed by atoms with E-state index < -0.39 is 119 Å². The summed E-state index contributed by atoms with van der Waals surface area (Å²) in [6.07, 6.45) is -1.01. The maximum absolute atomic E-state index is 15.8. The van der Waals surface area contributed by atoms with Crippen molar-refractivity contribution in [3.05, 3.63) is 44.0 Å². The lowest BCUT2D eigenvalue weighted by Gasteiger charge is -2.60. The Kier molecular flexibility index (Phi) is 9.85. The van der Waals surface area contributed by atoms with Crippen molar-refractivity contribution in [1.29, 1.82) is 0 Å². The van der Waals surface area contributed by atoms with Gasteiger partial charge in [-0.1, -0.05) is 19.9 Å². The minimum atomic E-state index is -1.70. The molecule has 18 nitrogen and oxygen atoms in total. The van der Waals surface area contributed by atoms with Gasteiger partial charge in [0.2, 0.25) is 5.78 Å². The third-order valence-electron chi connectivity index (χ3n) is 10.9. The number of aliphatic hydroxyl groups excluding tert-OH is 1. The van der Waals surface area contributed by atoms with Crippen molar-refractivity contribution in [1.82, 2.24) is 0 Å². The lowest BCUT2D eigenvalue weighted by molar-refractivity contribution is -0.790. The molecule has 1 saturated heterocycles. The van der Waals surface area contributed by atoms with Gasteiger partial charge in [-0.05, 0) is 62.7 Å². The number of nitrogens with zero attached hydrogens (tertiary/aromatic N) is 2. The summed E-state index contributed by atoms with van der Waals surface area (Å²) in [5.74, 6) is -5.76. The maximum atomic E-state index is 15.8. The average molecular weight is 714 g/mol. The van der Waals surface area contributed by atoms with E-state index in [0.29, 0.717) is 12.0 Å². The molecule has 2 unspecified atom stereocenters. The third-order valence-corrected chi connectivity index (χ3v) is 10.9. The van der Waals surface area contributed by atoms with Crippen LogP contribution in [0.5, 0.6) is 0 Å². The normalized spacial score (nSPS) is 37.5. The lowest BCUT2D eigenvalue weighted by atomic mass is 9.46. The predicted molar refractivity (Wildman–Crippen MR) is 161 cm³/mol. The van der Waals surface area contributed by atoms with Gasteiger partial charge in [0.15, 0.2) is 29.9 Å². The molecule has 0 aromatic rings. The zero-order valence-electron chi connectivity index (χ0n) is 27.8. The second-order valence-corrected chi connectivity index (χ2v) is 14.4. The Balaban J connectivity index is 1.27. The average Bonchev–Trinajstić information content (AvgIpc) is 3.42. The molecule has 0 aromatic heterocycles. The molecule has 276 valence electrons. The van der Waals surface area contributed by atoms with Crippen molar-refractivity contribution < 1.29 is 67.5 Å². The number of ketones is 2. The van der Waals surface area contributed by atoms with E-state index in [1.807, 2.05) is 6.92 Å². The minimum Gasteiger partial charge on any atom is -0.462 e. The number of nitrogens with two attached hydrogens (primary N) is 1. The van der Waals surface area contributed by atoms with Gasteiger partial charge in [0.1, 0.15) is 25.4 Å². The van der Waals surface area contributed by atoms with Crippen LogP contribution in [-0.2, 0) is 47.8 Å². The van der Waals surface area contributed by atoms with E-state index in [4.69, 9.17) is 24.7 Å². The number of allylic oxidation sites excluding steroid dienone is 4. The molecule has 4 aliphatic carbocycles. The molecular weight excluding hydrogens is 673 g/mol. The van der Waals surface area contributed by atoms with Crippen LogP contribution in [0.2, 0.25) is 0 Å². The van der Waals surface area contributed by atoms with Crippen LogP contribution in [0.3, 0.4) is 0 Å². The quantitative estimate of drug-likeness (QED) is 0.152. The molecule has 19 heteroatoms. The fraction of sp³-hybridized carbons (Fsp3) is 0.742. The molecule has 0 amide bonds. The van der Waals surface area contributed by atoms with E-state index in [1.54, 1.807) is 26.8 Å². The summed E-state index contributed by atoms with van der Waals surface area (Å²) in [6, 6.07) is -1.65. The molecule has 3 N–H and O–H groups in total. The number of esters is 2. The highest BCUT2D eigenvalue weighted by molar-refractivity contribution is 6.01. The van der Waals surface area contributed by atoms with Gasteiger partial charge in [0.25, 0.3) is 10.2 Å². The Morgan fingerprint density at radius 3 is 2.48 bits per heavy atom.